The molecule has 0 saturated heterocycles. The molecule has 18 heavy (non-hydrogen) atoms. The summed E-state index contributed by atoms with van der Waals surface area (Å²) in [7, 11) is 2.55. The number of fused-ring (bicyclic) bond motifs is 1. The van der Waals surface area contributed by atoms with Crippen LogP contribution in [-0.2, 0) is 9.47 Å². The van der Waals surface area contributed by atoms with Gasteiger partial charge in [0.05, 0.1) is 19.8 Å². The zero-order valence-corrected chi connectivity index (χ0v) is 10.3. The van der Waals surface area contributed by atoms with Crippen molar-refractivity contribution in [3.05, 3.63) is 29.6 Å². The molecule has 0 spiro atoms. The molecule has 0 fully saturated rings. The van der Waals surface area contributed by atoms with Crippen LogP contribution in [0.15, 0.2) is 18.5 Å². The van der Waals surface area contributed by atoms with E-state index in [0.29, 0.717) is 11.0 Å². The van der Waals surface area contributed by atoms with Crippen molar-refractivity contribution in [2.45, 2.75) is 6.92 Å². The van der Waals surface area contributed by atoms with E-state index in [-0.39, 0.29) is 5.56 Å². The summed E-state index contributed by atoms with van der Waals surface area (Å²) < 4.78 is 10.5. The highest BCUT2D eigenvalue weighted by Crippen LogP contribution is 2.21. The summed E-state index contributed by atoms with van der Waals surface area (Å²) in [6.07, 6.45) is 2.38. The average molecular weight is 248 g/mol. The second-order valence-corrected chi connectivity index (χ2v) is 3.76. The van der Waals surface area contributed by atoms with E-state index in [2.05, 4.69) is 14.5 Å². The summed E-state index contributed by atoms with van der Waals surface area (Å²) in [4.78, 5) is 27.4. The number of esters is 1. The molecule has 0 amide bonds. The Morgan fingerprint density at radius 3 is 2.61 bits per heavy atom. The summed E-state index contributed by atoms with van der Waals surface area (Å²) in [5, 5.41) is 0.562. The van der Waals surface area contributed by atoms with Crippen LogP contribution in [-0.4, -0.2) is 35.8 Å². The molecule has 94 valence electrons. The Morgan fingerprint density at radius 2 is 2.00 bits per heavy atom. The van der Waals surface area contributed by atoms with Crippen molar-refractivity contribution in [3.8, 4) is 0 Å². The Balaban J connectivity index is 2.75. The zero-order valence-electron chi connectivity index (χ0n) is 10.3. The SMILES string of the molecule is COC(=O)c1cn(C(=O)OC)c2ncc(C)cc12. The molecule has 0 saturated carbocycles. The predicted molar refractivity (Wildman–Crippen MR) is 63.6 cm³/mol. The van der Waals surface area contributed by atoms with Gasteiger partial charge in [-0.2, -0.15) is 0 Å². The molecule has 0 atom stereocenters. The molecule has 2 heterocycles. The highest BCUT2D eigenvalue weighted by Gasteiger charge is 2.20. The van der Waals surface area contributed by atoms with Crippen molar-refractivity contribution in [2.24, 2.45) is 0 Å². The van der Waals surface area contributed by atoms with Crippen molar-refractivity contribution in [2.75, 3.05) is 14.2 Å². The maximum Gasteiger partial charge on any atom is 0.419 e. The van der Waals surface area contributed by atoms with Crippen LogP contribution in [0.2, 0.25) is 0 Å². The fourth-order valence-corrected chi connectivity index (χ4v) is 1.72. The number of pyridine rings is 1. The number of aryl methyl sites for hydroxylation is 1. The second kappa shape index (κ2) is 4.48. The Bertz CT molecular complexity index is 630. The Morgan fingerprint density at radius 1 is 1.28 bits per heavy atom. The number of carbonyl (C=O) groups excluding carboxylic acids is 2. The van der Waals surface area contributed by atoms with E-state index in [1.54, 1.807) is 12.3 Å². The van der Waals surface area contributed by atoms with Gasteiger partial charge < -0.3 is 9.47 Å². The molecule has 2 aromatic heterocycles. The summed E-state index contributed by atoms with van der Waals surface area (Å²) in [5.74, 6) is -0.518. The molecule has 0 unspecified atom stereocenters. The van der Waals surface area contributed by atoms with Crippen molar-refractivity contribution < 1.29 is 19.1 Å². The maximum absolute atomic E-state index is 11.6. The van der Waals surface area contributed by atoms with Gasteiger partial charge in [0.15, 0.2) is 0 Å². The number of carbonyl (C=O) groups is 2. The Kier molecular flexibility index (Phi) is 3.01. The molecule has 0 aliphatic rings. The van der Waals surface area contributed by atoms with Gasteiger partial charge in [0.2, 0.25) is 0 Å². The van der Waals surface area contributed by atoms with E-state index in [1.807, 2.05) is 6.92 Å². The van der Waals surface area contributed by atoms with E-state index >= 15 is 0 Å². The van der Waals surface area contributed by atoms with Gasteiger partial charge in [-0.05, 0) is 18.6 Å². The molecule has 0 aliphatic carbocycles. The lowest BCUT2D eigenvalue weighted by molar-refractivity contribution is 0.0603. The van der Waals surface area contributed by atoms with Crippen LogP contribution in [0.4, 0.5) is 4.79 Å². The highest BCUT2D eigenvalue weighted by atomic mass is 16.5. The van der Waals surface area contributed by atoms with E-state index in [9.17, 15) is 9.59 Å². The Labute approximate surface area is 103 Å². The average Bonchev–Trinajstić information content (AvgIpc) is 2.75. The minimum atomic E-state index is -0.605. The molecule has 0 N–H and O–H groups in total. The zero-order chi connectivity index (χ0) is 13.3. The Hall–Kier alpha value is -2.37. The van der Waals surface area contributed by atoms with Gasteiger partial charge in [-0.3, -0.25) is 0 Å². The molecule has 6 heteroatoms. The third-order valence-electron chi connectivity index (χ3n) is 2.56. The third kappa shape index (κ3) is 1.81. The number of aromatic nitrogens is 2. The van der Waals surface area contributed by atoms with Crippen LogP contribution in [0.3, 0.4) is 0 Å². The van der Waals surface area contributed by atoms with Crippen LogP contribution < -0.4 is 0 Å². The molecule has 0 radical (unpaired) electrons. The van der Waals surface area contributed by atoms with Gasteiger partial charge >= 0.3 is 12.1 Å². The minimum Gasteiger partial charge on any atom is -0.465 e. The first-order valence-electron chi connectivity index (χ1n) is 5.22. The summed E-state index contributed by atoms with van der Waals surface area (Å²) in [6, 6.07) is 1.77. The quantitative estimate of drug-likeness (QED) is 0.719. The number of methoxy groups -OCH3 is 2. The summed E-state index contributed by atoms with van der Waals surface area (Å²) >= 11 is 0. The molecule has 2 rings (SSSR count). The van der Waals surface area contributed by atoms with Crippen LogP contribution in [0, 0.1) is 6.92 Å². The number of rotatable bonds is 1. The van der Waals surface area contributed by atoms with Crippen molar-refractivity contribution in [3.63, 3.8) is 0 Å². The minimum absolute atomic E-state index is 0.286. The summed E-state index contributed by atoms with van der Waals surface area (Å²) in [6.45, 7) is 1.85. The molecule has 2 aromatic rings. The molecular formula is C12H12N2O4. The summed E-state index contributed by atoms with van der Waals surface area (Å²) in [5.41, 5.74) is 1.54. The van der Waals surface area contributed by atoms with E-state index in [1.165, 1.54) is 25.0 Å². The highest BCUT2D eigenvalue weighted by molar-refractivity contribution is 6.05. The lowest BCUT2D eigenvalue weighted by atomic mass is 10.2. The fourth-order valence-electron chi connectivity index (χ4n) is 1.72. The first kappa shape index (κ1) is 12.1. The first-order valence-corrected chi connectivity index (χ1v) is 5.22. The number of hydrogen-bond acceptors (Lipinski definition) is 5. The molecule has 6 nitrogen and oxygen atoms in total. The number of hydrogen-bond donors (Lipinski definition) is 0. The smallest absolute Gasteiger partial charge is 0.419 e. The number of ether oxygens (including phenoxy) is 2. The van der Waals surface area contributed by atoms with Crippen LogP contribution in [0.5, 0.6) is 0 Å². The van der Waals surface area contributed by atoms with Gasteiger partial charge in [-0.1, -0.05) is 0 Å². The van der Waals surface area contributed by atoms with Gasteiger partial charge in [-0.25, -0.2) is 19.1 Å². The van der Waals surface area contributed by atoms with E-state index in [0.717, 1.165) is 5.56 Å². The monoisotopic (exact) mass is 248 g/mol. The standard InChI is InChI=1S/C12H12N2O4/c1-7-4-8-9(11(15)17-2)6-14(12(16)18-3)10(8)13-5-7/h4-6H,1-3H3. The van der Waals surface area contributed by atoms with Crippen molar-refractivity contribution in [1.82, 2.24) is 9.55 Å². The fraction of sp³-hybridized carbons (Fsp3) is 0.250. The lowest BCUT2D eigenvalue weighted by Crippen LogP contribution is -2.10. The van der Waals surface area contributed by atoms with Crippen molar-refractivity contribution in [1.29, 1.82) is 0 Å². The van der Waals surface area contributed by atoms with Gasteiger partial charge in [0.25, 0.3) is 0 Å². The van der Waals surface area contributed by atoms with Gasteiger partial charge in [0.1, 0.15) is 5.65 Å². The normalized spacial score (nSPS) is 10.4. The molecule has 0 aromatic carbocycles. The van der Waals surface area contributed by atoms with Crippen molar-refractivity contribution >= 4 is 23.1 Å². The maximum atomic E-state index is 11.6. The topological polar surface area (TPSA) is 70.4 Å². The number of nitrogens with zero attached hydrogens (tertiary/aromatic N) is 2. The van der Waals surface area contributed by atoms with Gasteiger partial charge in [0, 0.05) is 17.8 Å². The first-order chi connectivity index (χ1) is 8.58. The molecule has 0 bridgehead atoms. The van der Waals surface area contributed by atoms with Crippen LogP contribution in [0.1, 0.15) is 15.9 Å². The lowest BCUT2D eigenvalue weighted by Gasteiger charge is -2.00. The predicted octanol–water partition coefficient (Wildman–Crippen LogP) is 1.75. The van der Waals surface area contributed by atoms with E-state index in [4.69, 9.17) is 0 Å². The third-order valence-corrected chi connectivity index (χ3v) is 2.56. The molecule has 0 aliphatic heterocycles. The largest absolute Gasteiger partial charge is 0.465 e. The van der Waals surface area contributed by atoms with Crippen LogP contribution in [0.25, 0.3) is 11.0 Å². The molecular weight excluding hydrogens is 236 g/mol. The van der Waals surface area contributed by atoms with Gasteiger partial charge in [-0.15, -0.1) is 0 Å². The second-order valence-electron chi connectivity index (χ2n) is 3.76. The van der Waals surface area contributed by atoms with E-state index < -0.39 is 12.1 Å². The van der Waals surface area contributed by atoms with Crippen LogP contribution >= 0.6 is 0 Å².